The van der Waals surface area contributed by atoms with Gasteiger partial charge in [0.1, 0.15) is 5.75 Å². The molecule has 1 aromatic carbocycles. The van der Waals surface area contributed by atoms with E-state index in [1.54, 1.807) is 14.2 Å². The lowest BCUT2D eigenvalue weighted by Crippen LogP contribution is -2.38. The van der Waals surface area contributed by atoms with Gasteiger partial charge in [0, 0.05) is 19.2 Å². The third-order valence-electron chi connectivity index (χ3n) is 3.90. The SMILES string of the molecule is COc1ccc(C(C)NC2CCCC2OC)cc1Br. The molecule has 1 N–H and O–H groups in total. The second-order valence-electron chi connectivity index (χ2n) is 5.09. The van der Waals surface area contributed by atoms with Crippen LogP contribution in [0.5, 0.6) is 5.75 Å². The number of methoxy groups -OCH3 is 2. The van der Waals surface area contributed by atoms with E-state index < -0.39 is 0 Å². The van der Waals surface area contributed by atoms with Gasteiger partial charge >= 0.3 is 0 Å². The zero-order valence-electron chi connectivity index (χ0n) is 11.8. The van der Waals surface area contributed by atoms with Crippen LogP contribution in [0.1, 0.15) is 37.8 Å². The fraction of sp³-hybridized carbons (Fsp3) is 0.600. The van der Waals surface area contributed by atoms with Gasteiger partial charge in [-0.15, -0.1) is 0 Å². The summed E-state index contributed by atoms with van der Waals surface area (Å²) < 4.78 is 11.8. The molecule has 1 saturated carbocycles. The Kier molecular flexibility index (Phi) is 5.25. The number of rotatable bonds is 5. The van der Waals surface area contributed by atoms with Gasteiger partial charge in [0.15, 0.2) is 0 Å². The molecule has 0 radical (unpaired) electrons. The number of benzene rings is 1. The van der Waals surface area contributed by atoms with E-state index in [4.69, 9.17) is 9.47 Å². The molecular weight excluding hydrogens is 306 g/mol. The van der Waals surface area contributed by atoms with Gasteiger partial charge in [-0.05, 0) is 59.8 Å². The third-order valence-corrected chi connectivity index (χ3v) is 4.51. The van der Waals surface area contributed by atoms with Crippen molar-refractivity contribution in [2.75, 3.05) is 14.2 Å². The molecule has 0 aromatic heterocycles. The summed E-state index contributed by atoms with van der Waals surface area (Å²) in [6.07, 6.45) is 3.95. The van der Waals surface area contributed by atoms with Crippen LogP contribution in [0.25, 0.3) is 0 Å². The van der Waals surface area contributed by atoms with Crippen molar-refractivity contribution in [3.05, 3.63) is 28.2 Å². The molecule has 3 nitrogen and oxygen atoms in total. The van der Waals surface area contributed by atoms with Crippen LogP contribution in [0.3, 0.4) is 0 Å². The molecule has 0 bridgehead atoms. The first-order valence-electron chi connectivity index (χ1n) is 6.78. The molecule has 4 heteroatoms. The Hall–Kier alpha value is -0.580. The van der Waals surface area contributed by atoms with Crippen LogP contribution < -0.4 is 10.1 Å². The number of nitrogens with one attached hydrogen (secondary N) is 1. The Bertz CT molecular complexity index is 425. The highest BCUT2D eigenvalue weighted by molar-refractivity contribution is 9.10. The van der Waals surface area contributed by atoms with Gasteiger partial charge in [-0.1, -0.05) is 6.07 Å². The van der Waals surface area contributed by atoms with E-state index in [0.29, 0.717) is 18.2 Å². The van der Waals surface area contributed by atoms with Crippen LogP contribution in [-0.4, -0.2) is 26.4 Å². The fourth-order valence-corrected chi connectivity index (χ4v) is 3.33. The van der Waals surface area contributed by atoms with Crippen LogP contribution in [0.15, 0.2) is 22.7 Å². The first kappa shape index (κ1) is 14.8. The maximum absolute atomic E-state index is 5.53. The van der Waals surface area contributed by atoms with Crippen molar-refractivity contribution in [1.82, 2.24) is 5.32 Å². The molecule has 1 fully saturated rings. The smallest absolute Gasteiger partial charge is 0.133 e. The van der Waals surface area contributed by atoms with Gasteiger partial charge in [0.05, 0.1) is 17.7 Å². The Balaban J connectivity index is 2.03. The Morgan fingerprint density at radius 3 is 2.74 bits per heavy atom. The van der Waals surface area contributed by atoms with Gasteiger partial charge in [0.25, 0.3) is 0 Å². The fourth-order valence-electron chi connectivity index (χ4n) is 2.77. The van der Waals surface area contributed by atoms with Crippen molar-refractivity contribution in [1.29, 1.82) is 0 Å². The quantitative estimate of drug-likeness (QED) is 0.894. The summed E-state index contributed by atoms with van der Waals surface area (Å²) in [6.45, 7) is 2.19. The molecule has 3 atom stereocenters. The summed E-state index contributed by atoms with van der Waals surface area (Å²) in [5, 5.41) is 3.67. The second-order valence-corrected chi connectivity index (χ2v) is 5.95. The van der Waals surface area contributed by atoms with E-state index in [2.05, 4.69) is 40.3 Å². The highest BCUT2D eigenvalue weighted by atomic mass is 79.9. The predicted octanol–water partition coefficient (Wildman–Crippen LogP) is 3.68. The van der Waals surface area contributed by atoms with Gasteiger partial charge in [-0.25, -0.2) is 0 Å². The number of hydrogen-bond acceptors (Lipinski definition) is 3. The van der Waals surface area contributed by atoms with Crippen molar-refractivity contribution in [2.45, 2.75) is 44.4 Å². The molecule has 2 rings (SSSR count). The maximum Gasteiger partial charge on any atom is 0.133 e. The third kappa shape index (κ3) is 3.50. The zero-order valence-corrected chi connectivity index (χ0v) is 13.4. The summed E-state index contributed by atoms with van der Waals surface area (Å²) >= 11 is 3.54. The Morgan fingerprint density at radius 2 is 2.11 bits per heavy atom. The molecule has 1 aliphatic rings. The molecule has 0 aliphatic heterocycles. The molecule has 1 aromatic rings. The minimum absolute atomic E-state index is 0.308. The summed E-state index contributed by atoms with van der Waals surface area (Å²) in [7, 11) is 3.49. The maximum atomic E-state index is 5.53. The lowest BCUT2D eigenvalue weighted by atomic mass is 10.1. The van der Waals surface area contributed by atoms with Crippen LogP contribution in [0.2, 0.25) is 0 Å². The van der Waals surface area contributed by atoms with Gasteiger partial charge < -0.3 is 14.8 Å². The van der Waals surface area contributed by atoms with E-state index in [0.717, 1.165) is 16.6 Å². The summed E-state index contributed by atoms with van der Waals surface area (Å²) in [5.41, 5.74) is 1.26. The molecule has 0 saturated heterocycles. The van der Waals surface area contributed by atoms with Crippen molar-refractivity contribution >= 4 is 15.9 Å². The van der Waals surface area contributed by atoms with Crippen LogP contribution in [0.4, 0.5) is 0 Å². The summed E-state index contributed by atoms with van der Waals surface area (Å²) in [5.74, 6) is 0.867. The average molecular weight is 328 g/mol. The minimum Gasteiger partial charge on any atom is -0.496 e. The van der Waals surface area contributed by atoms with Crippen molar-refractivity contribution in [3.63, 3.8) is 0 Å². The molecule has 1 aliphatic carbocycles. The van der Waals surface area contributed by atoms with Gasteiger partial charge in [-0.2, -0.15) is 0 Å². The molecule has 0 spiro atoms. The van der Waals surface area contributed by atoms with Crippen LogP contribution >= 0.6 is 15.9 Å². The highest BCUT2D eigenvalue weighted by Gasteiger charge is 2.28. The van der Waals surface area contributed by atoms with Gasteiger partial charge in [-0.3, -0.25) is 0 Å². The van der Waals surface area contributed by atoms with Crippen molar-refractivity contribution < 1.29 is 9.47 Å². The van der Waals surface area contributed by atoms with E-state index in [1.165, 1.54) is 18.4 Å². The first-order valence-corrected chi connectivity index (χ1v) is 7.57. The molecule has 0 amide bonds. The van der Waals surface area contributed by atoms with Crippen molar-refractivity contribution in [2.24, 2.45) is 0 Å². The highest BCUT2D eigenvalue weighted by Crippen LogP contribution is 2.29. The summed E-state index contributed by atoms with van der Waals surface area (Å²) in [6, 6.07) is 6.99. The largest absolute Gasteiger partial charge is 0.496 e. The lowest BCUT2D eigenvalue weighted by Gasteiger charge is -2.24. The molecule has 3 unspecified atom stereocenters. The number of hydrogen-bond donors (Lipinski definition) is 1. The average Bonchev–Trinajstić information content (AvgIpc) is 2.85. The summed E-state index contributed by atoms with van der Waals surface area (Å²) in [4.78, 5) is 0. The van der Waals surface area contributed by atoms with Crippen LogP contribution in [-0.2, 0) is 4.74 Å². The van der Waals surface area contributed by atoms with E-state index in [-0.39, 0.29) is 0 Å². The zero-order chi connectivity index (χ0) is 13.8. The monoisotopic (exact) mass is 327 g/mol. The first-order chi connectivity index (χ1) is 9.15. The molecule has 19 heavy (non-hydrogen) atoms. The van der Waals surface area contributed by atoms with E-state index in [9.17, 15) is 0 Å². The Labute approximate surface area is 123 Å². The molecule has 0 heterocycles. The van der Waals surface area contributed by atoms with Crippen LogP contribution in [0, 0.1) is 0 Å². The van der Waals surface area contributed by atoms with Crippen molar-refractivity contribution in [3.8, 4) is 5.75 Å². The standard InChI is InChI=1S/C15H22BrNO2/c1-10(17-13-5-4-6-15(13)19-3)11-7-8-14(18-2)12(16)9-11/h7-10,13,15,17H,4-6H2,1-3H3. The van der Waals surface area contributed by atoms with E-state index >= 15 is 0 Å². The minimum atomic E-state index is 0.308. The van der Waals surface area contributed by atoms with Gasteiger partial charge in [0.2, 0.25) is 0 Å². The Morgan fingerprint density at radius 1 is 1.32 bits per heavy atom. The second kappa shape index (κ2) is 6.73. The molecular formula is C15H22BrNO2. The normalized spacial score (nSPS) is 24.4. The predicted molar refractivity (Wildman–Crippen MR) is 80.7 cm³/mol. The lowest BCUT2D eigenvalue weighted by molar-refractivity contribution is 0.0820. The topological polar surface area (TPSA) is 30.5 Å². The number of ether oxygens (including phenoxy) is 2. The van der Waals surface area contributed by atoms with E-state index in [1.807, 2.05) is 6.07 Å². The number of halogens is 1. The molecule has 106 valence electrons.